The van der Waals surface area contributed by atoms with Crippen LogP contribution in [0.2, 0.25) is 10.0 Å². The van der Waals surface area contributed by atoms with Crippen LogP contribution in [0.25, 0.3) is 10.9 Å². The lowest BCUT2D eigenvalue weighted by Crippen LogP contribution is -2.37. The minimum absolute atomic E-state index is 0.271. The number of anilines is 2. The van der Waals surface area contributed by atoms with Gasteiger partial charge in [-0.15, -0.1) is 0 Å². The van der Waals surface area contributed by atoms with Crippen LogP contribution in [0.5, 0.6) is 0 Å². The van der Waals surface area contributed by atoms with Gasteiger partial charge >= 0.3 is 0 Å². The molecule has 6 rings (SSSR count). The first-order valence-electron chi connectivity index (χ1n) is 10.9. The van der Waals surface area contributed by atoms with E-state index in [1.54, 1.807) is 17.2 Å². The summed E-state index contributed by atoms with van der Waals surface area (Å²) >= 11 is 12.2. The molecule has 0 spiro atoms. The van der Waals surface area contributed by atoms with E-state index in [9.17, 15) is 9.59 Å². The van der Waals surface area contributed by atoms with Crippen molar-refractivity contribution in [2.24, 2.45) is 5.92 Å². The Morgan fingerprint density at radius 3 is 2.35 bits per heavy atom. The number of aromatic nitrogens is 1. The summed E-state index contributed by atoms with van der Waals surface area (Å²) < 4.78 is 0. The molecule has 8 heteroatoms. The smallest absolute Gasteiger partial charge is 0.266 e. The molecule has 6 nitrogen and oxygen atoms in total. The average Bonchev–Trinajstić information content (AvgIpc) is 3.45. The first kappa shape index (κ1) is 21.2. The van der Waals surface area contributed by atoms with Crippen molar-refractivity contribution >= 4 is 57.3 Å². The maximum atomic E-state index is 13.8. The second kappa shape index (κ2) is 7.87. The zero-order valence-corrected chi connectivity index (χ0v) is 19.5. The van der Waals surface area contributed by atoms with Crippen molar-refractivity contribution in [2.45, 2.75) is 19.1 Å². The molecule has 3 heterocycles. The standard InChI is InChI=1S/C26H19Cl2N3O3/c1-14-21(17-9-5-6-10-20(17)29-14)23-22-24(34-31(23)15-7-3-2-4-8-15)26(33)30(25(22)32)16-11-12-18(27)19(28)13-16/h2-13,22-24,29H,1H3/t22-,23-,24-/m1/s1. The van der Waals surface area contributed by atoms with Crippen molar-refractivity contribution < 1.29 is 14.4 Å². The molecule has 0 bridgehead atoms. The van der Waals surface area contributed by atoms with Gasteiger partial charge < -0.3 is 4.98 Å². The fourth-order valence-electron chi connectivity index (χ4n) is 5.06. The largest absolute Gasteiger partial charge is 0.358 e. The average molecular weight is 492 g/mol. The van der Waals surface area contributed by atoms with Gasteiger partial charge in [-0.2, -0.15) is 0 Å². The molecule has 0 unspecified atom stereocenters. The summed E-state index contributed by atoms with van der Waals surface area (Å²) in [5, 5.41) is 3.32. The summed E-state index contributed by atoms with van der Waals surface area (Å²) in [6, 6.07) is 21.7. The van der Waals surface area contributed by atoms with Crippen LogP contribution >= 0.6 is 23.2 Å². The third kappa shape index (κ3) is 3.06. The third-order valence-electron chi connectivity index (χ3n) is 6.53. The van der Waals surface area contributed by atoms with E-state index in [-0.39, 0.29) is 10.9 Å². The Morgan fingerprint density at radius 2 is 1.59 bits per heavy atom. The Kier molecular flexibility index (Phi) is 4.92. The molecule has 34 heavy (non-hydrogen) atoms. The second-order valence-corrected chi connectivity index (χ2v) is 9.29. The van der Waals surface area contributed by atoms with Gasteiger partial charge in [-0.25, -0.2) is 9.96 Å². The van der Waals surface area contributed by atoms with E-state index in [0.717, 1.165) is 32.7 Å². The Balaban J connectivity index is 1.51. The Morgan fingerprint density at radius 1 is 0.853 bits per heavy atom. The summed E-state index contributed by atoms with van der Waals surface area (Å²) in [4.78, 5) is 38.2. The van der Waals surface area contributed by atoms with Crippen LogP contribution in [-0.2, 0) is 14.4 Å². The van der Waals surface area contributed by atoms with Crippen molar-refractivity contribution in [3.63, 3.8) is 0 Å². The number of hydroxylamine groups is 1. The van der Waals surface area contributed by atoms with Crippen LogP contribution in [-0.4, -0.2) is 22.9 Å². The van der Waals surface area contributed by atoms with Crippen molar-refractivity contribution in [3.8, 4) is 0 Å². The minimum Gasteiger partial charge on any atom is -0.358 e. The van der Waals surface area contributed by atoms with E-state index in [2.05, 4.69) is 4.98 Å². The molecule has 0 aliphatic carbocycles. The van der Waals surface area contributed by atoms with Gasteiger partial charge in [-0.05, 0) is 43.3 Å². The number of rotatable bonds is 3. The van der Waals surface area contributed by atoms with Gasteiger partial charge in [0.05, 0.1) is 27.5 Å². The number of nitrogens with zero attached hydrogens (tertiary/aromatic N) is 2. The Bertz CT molecular complexity index is 1450. The maximum Gasteiger partial charge on any atom is 0.266 e. The summed E-state index contributed by atoms with van der Waals surface area (Å²) in [6.45, 7) is 1.98. The normalized spacial score (nSPS) is 22.1. The van der Waals surface area contributed by atoms with Crippen LogP contribution < -0.4 is 9.96 Å². The maximum absolute atomic E-state index is 13.8. The molecular weight excluding hydrogens is 473 g/mol. The van der Waals surface area contributed by atoms with Crippen LogP contribution in [0.3, 0.4) is 0 Å². The number of amides is 2. The number of hydrogen-bond acceptors (Lipinski definition) is 4. The van der Waals surface area contributed by atoms with E-state index < -0.39 is 24.0 Å². The fourth-order valence-corrected chi connectivity index (χ4v) is 5.36. The molecule has 2 saturated heterocycles. The lowest BCUT2D eigenvalue weighted by Gasteiger charge is -2.29. The fraction of sp³-hybridized carbons (Fsp3) is 0.154. The highest BCUT2D eigenvalue weighted by molar-refractivity contribution is 6.42. The van der Waals surface area contributed by atoms with E-state index >= 15 is 0 Å². The zero-order chi connectivity index (χ0) is 23.6. The van der Waals surface area contributed by atoms with Crippen LogP contribution in [0.1, 0.15) is 17.3 Å². The van der Waals surface area contributed by atoms with E-state index in [4.69, 9.17) is 28.0 Å². The van der Waals surface area contributed by atoms with Crippen molar-refractivity contribution in [1.29, 1.82) is 0 Å². The zero-order valence-electron chi connectivity index (χ0n) is 18.0. The van der Waals surface area contributed by atoms with Gasteiger partial charge in [0.25, 0.3) is 5.91 Å². The van der Waals surface area contributed by atoms with Crippen molar-refractivity contribution in [3.05, 3.63) is 94.1 Å². The predicted molar refractivity (Wildman–Crippen MR) is 132 cm³/mol. The minimum atomic E-state index is -0.958. The SMILES string of the molecule is Cc1[nH]c2ccccc2c1[C@@H]1[C@H]2C(=O)N(c3ccc(Cl)c(Cl)c3)C(=O)[C@@H]2ON1c1ccccc1. The van der Waals surface area contributed by atoms with Crippen molar-refractivity contribution in [2.75, 3.05) is 9.96 Å². The van der Waals surface area contributed by atoms with Gasteiger partial charge in [0.2, 0.25) is 5.91 Å². The second-order valence-electron chi connectivity index (χ2n) is 8.48. The number of nitrogens with one attached hydrogen (secondary N) is 1. The van der Waals surface area contributed by atoms with Gasteiger partial charge in [0.15, 0.2) is 6.10 Å². The summed E-state index contributed by atoms with van der Waals surface area (Å²) in [7, 11) is 0. The number of carbonyl (C=O) groups is 2. The third-order valence-corrected chi connectivity index (χ3v) is 7.27. The highest BCUT2D eigenvalue weighted by Gasteiger charge is 2.61. The van der Waals surface area contributed by atoms with E-state index in [0.29, 0.717) is 10.7 Å². The van der Waals surface area contributed by atoms with Crippen LogP contribution in [0.4, 0.5) is 11.4 Å². The number of halogens is 2. The molecule has 2 fully saturated rings. The Labute approximate surface area is 205 Å². The predicted octanol–water partition coefficient (Wildman–Crippen LogP) is 5.83. The first-order valence-corrected chi connectivity index (χ1v) is 11.6. The van der Waals surface area contributed by atoms with E-state index in [1.807, 2.05) is 61.5 Å². The molecule has 2 amide bonds. The molecule has 2 aliphatic heterocycles. The number of hydrogen-bond donors (Lipinski definition) is 1. The number of fused-ring (bicyclic) bond motifs is 2. The van der Waals surface area contributed by atoms with Gasteiger partial charge in [0.1, 0.15) is 5.92 Å². The quantitative estimate of drug-likeness (QED) is 0.366. The number of H-pyrrole nitrogens is 1. The molecule has 2 aliphatic rings. The molecule has 0 radical (unpaired) electrons. The highest BCUT2D eigenvalue weighted by Crippen LogP contribution is 2.50. The van der Waals surface area contributed by atoms with Crippen molar-refractivity contribution in [1.82, 2.24) is 4.98 Å². The monoisotopic (exact) mass is 491 g/mol. The molecule has 0 saturated carbocycles. The van der Waals surface area contributed by atoms with Gasteiger partial charge in [-0.3, -0.25) is 14.4 Å². The summed E-state index contributed by atoms with van der Waals surface area (Å²) in [5.74, 6) is -1.49. The number of carbonyl (C=O) groups excluding carboxylic acids is 2. The van der Waals surface area contributed by atoms with Gasteiger partial charge in [0, 0.05) is 22.2 Å². The molecule has 170 valence electrons. The number of aryl methyl sites for hydroxylation is 1. The van der Waals surface area contributed by atoms with Gasteiger partial charge in [-0.1, -0.05) is 59.6 Å². The van der Waals surface area contributed by atoms with Crippen LogP contribution in [0, 0.1) is 12.8 Å². The molecule has 4 aromatic rings. The number of benzene rings is 3. The van der Waals surface area contributed by atoms with E-state index in [1.165, 1.54) is 6.07 Å². The Hall–Kier alpha value is -3.32. The lowest BCUT2D eigenvalue weighted by atomic mass is 9.89. The number of aromatic amines is 1. The molecule has 1 aromatic heterocycles. The summed E-state index contributed by atoms with van der Waals surface area (Å²) in [5.41, 5.74) is 3.97. The number of imide groups is 1. The lowest BCUT2D eigenvalue weighted by molar-refractivity contribution is -0.126. The number of para-hydroxylation sites is 2. The molecule has 3 atom stereocenters. The topological polar surface area (TPSA) is 65.6 Å². The molecule has 3 aromatic carbocycles. The highest BCUT2D eigenvalue weighted by atomic mass is 35.5. The van der Waals surface area contributed by atoms with Crippen LogP contribution in [0.15, 0.2) is 72.8 Å². The molecular formula is C26H19Cl2N3O3. The molecule has 1 N–H and O–H groups in total. The first-order chi connectivity index (χ1) is 16.5. The summed E-state index contributed by atoms with van der Waals surface area (Å²) in [6.07, 6.45) is -0.958.